The first-order valence-electron chi connectivity index (χ1n) is 15.4. The van der Waals surface area contributed by atoms with E-state index in [-0.39, 0.29) is 12.0 Å². The Morgan fingerprint density at radius 2 is 1.51 bits per heavy atom. The number of hydrogen-bond donors (Lipinski definition) is 1. The molecule has 1 aromatic carbocycles. The van der Waals surface area contributed by atoms with Crippen LogP contribution >= 0.6 is 0 Å². The Morgan fingerprint density at radius 1 is 0.894 bits per heavy atom. The van der Waals surface area contributed by atoms with Gasteiger partial charge >= 0.3 is 29.8 Å². The Kier molecular flexibility index (Phi) is 9.87. The molecule has 0 spiro atoms. The van der Waals surface area contributed by atoms with E-state index in [1.54, 1.807) is 38.1 Å². The summed E-state index contributed by atoms with van der Waals surface area (Å²) in [6.07, 6.45) is -1.33. The highest BCUT2D eigenvalue weighted by Crippen LogP contribution is 2.63. The van der Waals surface area contributed by atoms with Crippen molar-refractivity contribution in [1.29, 1.82) is 0 Å². The maximum Gasteiger partial charge on any atom is 0.338 e. The lowest BCUT2D eigenvalue weighted by molar-refractivity contribution is -0.213. The first-order valence-corrected chi connectivity index (χ1v) is 15.4. The van der Waals surface area contributed by atoms with Crippen molar-refractivity contribution < 1.29 is 57.6 Å². The van der Waals surface area contributed by atoms with Gasteiger partial charge in [-0.1, -0.05) is 43.4 Å². The summed E-state index contributed by atoms with van der Waals surface area (Å²) in [5, 5.41) is 12.6. The topological polar surface area (TPSA) is 169 Å². The molecule has 0 bridgehead atoms. The first-order chi connectivity index (χ1) is 21.9. The average Bonchev–Trinajstić information content (AvgIpc) is 3.21. The molecular weight excluding hydrogens is 612 g/mol. The van der Waals surface area contributed by atoms with Gasteiger partial charge in [0.15, 0.2) is 5.60 Å². The second-order valence-electron chi connectivity index (χ2n) is 13.1. The third kappa shape index (κ3) is 6.22. The molecule has 0 amide bonds. The van der Waals surface area contributed by atoms with Gasteiger partial charge < -0.3 is 28.8 Å². The zero-order valence-corrected chi connectivity index (χ0v) is 27.6. The van der Waals surface area contributed by atoms with Crippen molar-refractivity contribution in [3.8, 4) is 0 Å². The second kappa shape index (κ2) is 13.1. The van der Waals surface area contributed by atoms with Gasteiger partial charge in [-0.05, 0) is 38.0 Å². The van der Waals surface area contributed by atoms with Gasteiger partial charge in [-0.25, -0.2) is 4.79 Å². The van der Waals surface area contributed by atoms with Crippen molar-refractivity contribution in [3.63, 3.8) is 0 Å². The van der Waals surface area contributed by atoms with Crippen molar-refractivity contribution in [2.24, 2.45) is 29.1 Å². The van der Waals surface area contributed by atoms with Gasteiger partial charge in [0.1, 0.15) is 30.5 Å². The highest BCUT2D eigenvalue weighted by molar-refractivity contribution is 5.98. The SMILES string of the molecule is C=C(C)C1C=CC(OC(C)=O)C2(COC(C)=O)C(OC(=O)c3ccccc3)C3C(OC(C)=O)C(C)CC3(OC(C)=O)C(=O)C(C)(O)C12. The molecule has 0 saturated heterocycles. The van der Waals surface area contributed by atoms with Gasteiger partial charge in [0.05, 0.1) is 16.9 Å². The molecule has 0 radical (unpaired) electrons. The Balaban J connectivity index is 2.20. The molecule has 3 aliphatic rings. The molecule has 4 rings (SSSR count). The third-order valence-electron chi connectivity index (χ3n) is 9.60. The van der Waals surface area contributed by atoms with Gasteiger partial charge in [0.25, 0.3) is 0 Å². The van der Waals surface area contributed by atoms with Gasteiger partial charge in [-0.3, -0.25) is 24.0 Å². The Bertz CT molecular complexity index is 1490. The zero-order valence-electron chi connectivity index (χ0n) is 27.6. The van der Waals surface area contributed by atoms with E-state index < -0.39 is 101 Å². The molecule has 2 saturated carbocycles. The summed E-state index contributed by atoms with van der Waals surface area (Å²) in [5.74, 6) is -9.29. The van der Waals surface area contributed by atoms with Crippen molar-refractivity contribution in [2.45, 2.75) is 84.4 Å². The first kappa shape index (κ1) is 35.5. The van der Waals surface area contributed by atoms with Crippen LogP contribution < -0.4 is 0 Å². The minimum absolute atomic E-state index is 0.106. The molecule has 1 aromatic rings. The monoisotopic (exact) mass is 654 g/mol. The molecule has 10 unspecified atom stereocenters. The van der Waals surface area contributed by atoms with Crippen LogP contribution in [0.15, 0.2) is 54.6 Å². The van der Waals surface area contributed by atoms with E-state index in [0.29, 0.717) is 5.57 Å². The van der Waals surface area contributed by atoms with Crippen LogP contribution in [-0.4, -0.2) is 76.9 Å². The fraction of sp³-hybridized carbons (Fsp3) is 0.543. The molecular formula is C35H42O12. The van der Waals surface area contributed by atoms with Crippen molar-refractivity contribution in [2.75, 3.05) is 6.61 Å². The average molecular weight is 655 g/mol. The fourth-order valence-electron chi connectivity index (χ4n) is 8.14. The number of aliphatic hydroxyl groups is 1. The van der Waals surface area contributed by atoms with E-state index in [4.69, 9.17) is 23.7 Å². The van der Waals surface area contributed by atoms with Crippen LogP contribution in [-0.2, 0) is 47.7 Å². The number of ether oxygens (including phenoxy) is 5. The van der Waals surface area contributed by atoms with Crippen molar-refractivity contribution >= 4 is 35.6 Å². The summed E-state index contributed by atoms with van der Waals surface area (Å²) in [6.45, 7) is 12.6. The number of carbonyl (C=O) groups excluding carboxylic acids is 6. The Hall–Kier alpha value is -4.32. The van der Waals surface area contributed by atoms with E-state index in [1.165, 1.54) is 25.1 Å². The van der Waals surface area contributed by atoms with Crippen LogP contribution in [0.3, 0.4) is 0 Å². The number of allylic oxidation sites excluding steroid dienone is 2. The smallest absolute Gasteiger partial charge is 0.338 e. The van der Waals surface area contributed by atoms with Crippen LogP contribution in [0.5, 0.6) is 0 Å². The summed E-state index contributed by atoms with van der Waals surface area (Å²) in [4.78, 5) is 79.7. The largest absolute Gasteiger partial charge is 0.465 e. The van der Waals surface area contributed by atoms with Crippen LogP contribution in [0, 0.1) is 29.1 Å². The number of carbonyl (C=O) groups is 6. The van der Waals surface area contributed by atoms with Gasteiger partial charge in [0, 0.05) is 46.0 Å². The van der Waals surface area contributed by atoms with E-state index in [9.17, 15) is 29.1 Å². The number of benzene rings is 1. The Morgan fingerprint density at radius 3 is 2.04 bits per heavy atom. The number of ketones is 1. The normalized spacial score (nSPS) is 35.7. The fourth-order valence-corrected chi connectivity index (χ4v) is 8.14. The maximum absolute atomic E-state index is 15.0. The summed E-state index contributed by atoms with van der Waals surface area (Å²) in [5.41, 5.74) is -6.00. The van der Waals surface area contributed by atoms with Gasteiger partial charge in [0.2, 0.25) is 5.78 Å². The quantitative estimate of drug-likeness (QED) is 0.247. The molecule has 2 fully saturated rings. The third-order valence-corrected chi connectivity index (χ3v) is 9.60. The van der Waals surface area contributed by atoms with Crippen molar-refractivity contribution in [3.05, 3.63) is 60.2 Å². The predicted octanol–water partition coefficient (Wildman–Crippen LogP) is 3.29. The summed E-state index contributed by atoms with van der Waals surface area (Å²) in [7, 11) is 0. The van der Waals surface area contributed by atoms with Crippen LogP contribution in [0.2, 0.25) is 0 Å². The molecule has 10 atom stereocenters. The zero-order chi connectivity index (χ0) is 35.1. The van der Waals surface area contributed by atoms with E-state index in [1.807, 2.05) is 0 Å². The Labute approximate surface area is 273 Å². The second-order valence-corrected chi connectivity index (χ2v) is 13.1. The highest BCUT2D eigenvalue weighted by atomic mass is 16.6. The molecule has 254 valence electrons. The number of rotatable bonds is 8. The van der Waals surface area contributed by atoms with Crippen molar-refractivity contribution in [1.82, 2.24) is 0 Å². The van der Waals surface area contributed by atoms with Gasteiger partial charge in [-0.2, -0.15) is 0 Å². The molecule has 0 heterocycles. The molecule has 0 aromatic heterocycles. The van der Waals surface area contributed by atoms with Crippen LogP contribution in [0.25, 0.3) is 0 Å². The molecule has 12 nitrogen and oxygen atoms in total. The lowest BCUT2D eigenvalue weighted by Crippen LogP contribution is -2.66. The highest BCUT2D eigenvalue weighted by Gasteiger charge is 2.78. The summed E-state index contributed by atoms with van der Waals surface area (Å²) in [6, 6.07) is 7.91. The predicted molar refractivity (Wildman–Crippen MR) is 164 cm³/mol. The minimum atomic E-state index is -2.43. The van der Waals surface area contributed by atoms with Crippen LogP contribution in [0.1, 0.15) is 65.2 Å². The number of Topliss-reactive ketones (excluding diaryl/α,β-unsaturated/α-hetero) is 1. The minimum Gasteiger partial charge on any atom is -0.465 e. The number of esters is 5. The lowest BCUT2D eigenvalue weighted by atomic mass is 9.53. The molecule has 0 aliphatic heterocycles. The summed E-state index contributed by atoms with van der Waals surface area (Å²) >= 11 is 0. The molecule has 1 N–H and O–H groups in total. The number of fused-ring (bicyclic) bond motifs is 2. The van der Waals surface area contributed by atoms with E-state index >= 15 is 4.79 Å². The molecule has 3 aliphatic carbocycles. The standard InChI is InChI=1S/C35H42O12/c1-18(2)25-14-15-26(44-21(5)37)34(17-43-20(4)36)29(25)33(8,42)32(41)35(47-23(7)39)16-19(3)28(45-22(6)38)27(35)30(34)46-31(40)24-12-10-9-11-13-24/h9-15,19,25-30,42H,1,16-17H2,2-8H3. The molecule has 12 heteroatoms. The number of hydrogen-bond acceptors (Lipinski definition) is 12. The maximum atomic E-state index is 15.0. The molecule has 47 heavy (non-hydrogen) atoms. The van der Waals surface area contributed by atoms with Crippen LogP contribution in [0.4, 0.5) is 0 Å². The van der Waals surface area contributed by atoms with E-state index in [0.717, 1.165) is 27.7 Å². The lowest BCUT2D eigenvalue weighted by Gasteiger charge is -2.55. The van der Waals surface area contributed by atoms with E-state index in [2.05, 4.69) is 6.58 Å². The summed E-state index contributed by atoms with van der Waals surface area (Å²) < 4.78 is 29.7. The van der Waals surface area contributed by atoms with Gasteiger partial charge in [-0.15, -0.1) is 0 Å².